The summed E-state index contributed by atoms with van der Waals surface area (Å²) >= 11 is 0. The van der Waals surface area contributed by atoms with Crippen LogP contribution in [0.5, 0.6) is 0 Å². The number of hydrogen-bond acceptors (Lipinski definition) is 6. The number of aromatic nitrogens is 3. The van der Waals surface area contributed by atoms with Crippen LogP contribution in [0.4, 0.5) is 18.9 Å². The Labute approximate surface area is 157 Å². The summed E-state index contributed by atoms with van der Waals surface area (Å²) in [5, 5.41) is 7.67. The van der Waals surface area contributed by atoms with Crippen molar-refractivity contribution in [3.05, 3.63) is 35.4 Å². The van der Waals surface area contributed by atoms with E-state index in [-0.39, 0.29) is 40.2 Å². The fourth-order valence-electron chi connectivity index (χ4n) is 3.54. The van der Waals surface area contributed by atoms with Gasteiger partial charge in [-0.25, -0.2) is 17.9 Å². The summed E-state index contributed by atoms with van der Waals surface area (Å²) in [6.45, 7) is 4.55. The molecule has 3 heterocycles. The van der Waals surface area contributed by atoms with Gasteiger partial charge in [0.05, 0.1) is 23.3 Å². The molecular weight excluding hydrogens is 377 g/mol. The van der Waals surface area contributed by atoms with Gasteiger partial charge in [0.15, 0.2) is 12.1 Å². The van der Waals surface area contributed by atoms with Gasteiger partial charge in [-0.3, -0.25) is 4.79 Å². The molecule has 1 aliphatic heterocycles. The van der Waals surface area contributed by atoms with Gasteiger partial charge >= 0.3 is 0 Å². The van der Waals surface area contributed by atoms with Gasteiger partial charge < -0.3 is 14.2 Å². The number of alkyl halides is 2. The average Bonchev–Trinajstić information content (AvgIpc) is 3.27. The first kappa shape index (κ1) is 18.5. The molecule has 10 heteroatoms. The summed E-state index contributed by atoms with van der Waals surface area (Å²) in [6, 6.07) is 2.56. The van der Waals surface area contributed by atoms with Crippen molar-refractivity contribution in [1.29, 1.82) is 0 Å². The molecule has 2 atom stereocenters. The minimum Gasteiger partial charge on any atom is -0.372 e. The number of anilines is 1. The number of fused-ring (bicyclic) bond motifs is 1. The van der Waals surface area contributed by atoms with Crippen molar-refractivity contribution in [2.24, 2.45) is 0 Å². The second-order valence-electron chi connectivity index (χ2n) is 6.78. The molecule has 2 aromatic heterocycles. The van der Waals surface area contributed by atoms with Crippen LogP contribution in [0.25, 0.3) is 16.8 Å². The Bertz CT molecular complexity index is 1020. The molecule has 0 saturated carbocycles. The van der Waals surface area contributed by atoms with E-state index in [1.165, 1.54) is 12.3 Å². The third-order valence-electron chi connectivity index (χ3n) is 4.60. The summed E-state index contributed by atoms with van der Waals surface area (Å²) < 4.78 is 52.8. The molecule has 0 aliphatic carbocycles. The van der Waals surface area contributed by atoms with E-state index in [1.807, 2.05) is 13.8 Å². The van der Waals surface area contributed by atoms with Gasteiger partial charge in [-0.15, -0.1) is 0 Å². The van der Waals surface area contributed by atoms with Crippen molar-refractivity contribution in [3.8, 4) is 5.82 Å². The number of morpholine rings is 1. The molecule has 0 bridgehead atoms. The van der Waals surface area contributed by atoms with Crippen LogP contribution < -0.4 is 4.90 Å². The van der Waals surface area contributed by atoms with E-state index in [0.717, 1.165) is 10.7 Å². The maximum atomic E-state index is 15.3. The van der Waals surface area contributed by atoms with Crippen molar-refractivity contribution in [3.63, 3.8) is 0 Å². The highest BCUT2D eigenvalue weighted by molar-refractivity contribution is 5.97. The number of aldehydes is 1. The Balaban J connectivity index is 1.84. The van der Waals surface area contributed by atoms with Gasteiger partial charge in [0, 0.05) is 24.8 Å². The fourth-order valence-corrected chi connectivity index (χ4v) is 3.54. The minimum absolute atomic E-state index is 0.0270. The number of carbonyl (C=O) groups is 1. The van der Waals surface area contributed by atoms with Crippen LogP contribution in [0.2, 0.25) is 0 Å². The maximum Gasteiger partial charge on any atom is 0.282 e. The molecule has 4 rings (SSSR count). The predicted octanol–water partition coefficient (Wildman–Crippen LogP) is 3.52. The van der Waals surface area contributed by atoms with Crippen molar-refractivity contribution < 1.29 is 27.2 Å². The Hall–Kier alpha value is -2.88. The summed E-state index contributed by atoms with van der Waals surface area (Å²) in [5.74, 6) is -0.708. The number of hydrogen-bond donors (Lipinski definition) is 0. The molecule has 28 heavy (non-hydrogen) atoms. The van der Waals surface area contributed by atoms with Gasteiger partial charge in [-0.05, 0) is 26.0 Å². The van der Waals surface area contributed by atoms with E-state index in [1.54, 1.807) is 4.90 Å². The molecule has 1 saturated heterocycles. The zero-order valence-corrected chi connectivity index (χ0v) is 15.1. The van der Waals surface area contributed by atoms with E-state index in [2.05, 4.69) is 10.3 Å². The van der Waals surface area contributed by atoms with Crippen molar-refractivity contribution in [1.82, 2.24) is 14.9 Å². The first-order chi connectivity index (χ1) is 13.4. The van der Waals surface area contributed by atoms with Crippen LogP contribution in [-0.2, 0) is 4.74 Å². The number of nitrogens with zero attached hydrogens (tertiary/aromatic N) is 4. The molecule has 148 valence electrons. The summed E-state index contributed by atoms with van der Waals surface area (Å²) in [4.78, 5) is 13.4. The van der Waals surface area contributed by atoms with Gasteiger partial charge in [0.1, 0.15) is 5.69 Å². The Morgan fingerprint density at radius 3 is 2.61 bits per heavy atom. The molecule has 0 radical (unpaired) electrons. The van der Waals surface area contributed by atoms with E-state index < -0.39 is 17.9 Å². The lowest BCUT2D eigenvalue weighted by atomic mass is 10.1. The van der Waals surface area contributed by atoms with Gasteiger partial charge in [0.25, 0.3) is 6.43 Å². The lowest BCUT2D eigenvalue weighted by molar-refractivity contribution is -0.00543. The average molecular weight is 394 g/mol. The Morgan fingerprint density at radius 1 is 1.29 bits per heavy atom. The molecule has 3 aromatic rings. The normalized spacial score (nSPS) is 20.3. The first-order valence-corrected chi connectivity index (χ1v) is 8.70. The smallest absolute Gasteiger partial charge is 0.282 e. The van der Waals surface area contributed by atoms with Crippen LogP contribution in [0.15, 0.2) is 22.9 Å². The van der Waals surface area contributed by atoms with Crippen LogP contribution >= 0.6 is 0 Å². The topological polar surface area (TPSA) is 73.4 Å². The van der Waals surface area contributed by atoms with Crippen LogP contribution in [-0.4, -0.2) is 46.5 Å². The van der Waals surface area contributed by atoms with Gasteiger partial charge in [0.2, 0.25) is 11.4 Å². The highest BCUT2D eigenvalue weighted by Crippen LogP contribution is 2.35. The van der Waals surface area contributed by atoms with Crippen molar-refractivity contribution in [2.75, 3.05) is 18.0 Å². The van der Waals surface area contributed by atoms with Crippen LogP contribution in [0.1, 0.15) is 36.3 Å². The quantitative estimate of drug-likeness (QED) is 0.631. The molecule has 0 spiro atoms. The highest BCUT2D eigenvalue weighted by Gasteiger charge is 2.29. The number of ether oxygens (including phenoxy) is 1. The van der Waals surface area contributed by atoms with Crippen molar-refractivity contribution >= 4 is 22.9 Å². The molecular formula is C18H17F3N4O3. The zero-order chi connectivity index (χ0) is 20.0. The highest BCUT2D eigenvalue weighted by atomic mass is 19.3. The molecule has 1 fully saturated rings. The number of rotatable bonds is 4. The second kappa shape index (κ2) is 6.93. The number of benzene rings is 1. The van der Waals surface area contributed by atoms with E-state index in [9.17, 15) is 13.6 Å². The number of carbonyl (C=O) groups excluding carboxylic acids is 1. The molecule has 0 unspecified atom stereocenters. The van der Waals surface area contributed by atoms with Gasteiger partial charge in [-0.2, -0.15) is 5.10 Å². The third kappa shape index (κ3) is 3.03. The predicted molar refractivity (Wildman–Crippen MR) is 93.7 cm³/mol. The molecule has 1 aliphatic rings. The van der Waals surface area contributed by atoms with E-state index in [4.69, 9.17) is 9.26 Å². The first-order valence-electron chi connectivity index (χ1n) is 8.70. The zero-order valence-electron chi connectivity index (χ0n) is 15.1. The lowest BCUT2D eigenvalue weighted by Crippen LogP contribution is -2.46. The third-order valence-corrected chi connectivity index (χ3v) is 4.60. The van der Waals surface area contributed by atoms with Gasteiger partial charge in [-0.1, -0.05) is 5.16 Å². The van der Waals surface area contributed by atoms with Crippen LogP contribution in [0.3, 0.4) is 0 Å². The fraction of sp³-hybridized carbons (Fsp3) is 0.389. The van der Waals surface area contributed by atoms with E-state index >= 15 is 4.39 Å². The summed E-state index contributed by atoms with van der Waals surface area (Å²) in [6.07, 6.45) is -1.21. The van der Waals surface area contributed by atoms with Crippen LogP contribution in [0, 0.1) is 5.82 Å². The molecule has 7 nitrogen and oxygen atoms in total. The Morgan fingerprint density at radius 2 is 2.00 bits per heavy atom. The maximum absolute atomic E-state index is 15.3. The standard InChI is InChI=1S/C18H17F3N4O3/c1-9-6-24(7-10(2)27-9)15-11(8-26)5-12-16(14(15)19)28-23-18(12)25-4-3-13(22-25)17(20)21/h3-5,8-10,17H,6-7H2,1-2H3/t9-,10+. The number of halogens is 3. The molecule has 1 aromatic carbocycles. The van der Waals surface area contributed by atoms with Crippen molar-refractivity contribution in [2.45, 2.75) is 32.5 Å². The Kier molecular flexibility index (Phi) is 4.58. The molecule has 0 amide bonds. The lowest BCUT2D eigenvalue weighted by Gasteiger charge is -2.37. The largest absolute Gasteiger partial charge is 0.372 e. The molecule has 0 N–H and O–H groups in total. The minimum atomic E-state index is -2.75. The second-order valence-corrected chi connectivity index (χ2v) is 6.78. The monoisotopic (exact) mass is 394 g/mol. The summed E-state index contributed by atoms with van der Waals surface area (Å²) in [5.41, 5.74) is -0.394. The SMILES string of the molecule is C[C@@H]1CN(c2c(C=O)cc3c(-n4ccc(C(F)F)n4)noc3c2F)C[C@H](C)O1. The summed E-state index contributed by atoms with van der Waals surface area (Å²) in [7, 11) is 0. The van der Waals surface area contributed by atoms with E-state index in [0.29, 0.717) is 19.4 Å².